The third-order valence-corrected chi connectivity index (χ3v) is 7.40. The van der Waals surface area contributed by atoms with Gasteiger partial charge in [-0.1, -0.05) is 39.0 Å². The zero-order valence-electron chi connectivity index (χ0n) is 15.8. The molecule has 1 aromatic rings. The monoisotopic (exact) mass is 353 g/mol. The zero-order valence-corrected chi connectivity index (χ0v) is 15.8. The van der Waals surface area contributed by atoms with Gasteiger partial charge in [-0.2, -0.15) is 5.10 Å². The first-order chi connectivity index (χ1) is 12.3. The largest absolute Gasteiger partial charge is 0.342 e. The number of ketones is 1. The third-order valence-electron chi connectivity index (χ3n) is 7.40. The Balaban J connectivity index is 1.73. The van der Waals surface area contributed by atoms with Gasteiger partial charge in [0.15, 0.2) is 5.78 Å². The lowest BCUT2D eigenvalue weighted by Gasteiger charge is -2.39. The Kier molecular flexibility index (Phi) is 3.76. The van der Waals surface area contributed by atoms with E-state index in [1.807, 2.05) is 35.2 Å². The molecule has 1 N–H and O–H groups in total. The van der Waals surface area contributed by atoms with Crippen LogP contribution in [0.25, 0.3) is 0 Å². The van der Waals surface area contributed by atoms with Crippen molar-refractivity contribution in [3.63, 3.8) is 0 Å². The van der Waals surface area contributed by atoms with Crippen LogP contribution in [0.1, 0.15) is 46.5 Å². The maximum atomic E-state index is 13.5. The van der Waals surface area contributed by atoms with Crippen molar-refractivity contribution < 1.29 is 9.59 Å². The molecule has 3 aliphatic rings. The normalized spacial score (nSPS) is 33.9. The SMILES string of the molecule is CC12CCC(C(=O)N3CCCC3)(C(=O)C1=NNc1ccccc1)C2(C)C. The van der Waals surface area contributed by atoms with Crippen LogP contribution in [0.15, 0.2) is 35.4 Å². The minimum absolute atomic E-state index is 0.0265. The molecule has 2 unspecified atom stereocenters. The predicted molar refractivity (Wildman–Crippen MR) is 102 cm³/mol. The second-order valence-corrected chi connectivity index (χ2v) is 8.63. The molecule has 0 radical (unpaired) electrons. The number of anilines is 1. The summed E-state index contributed by atoms with van der Waals surface area (Å²) in [7, 11) is 0. The van der Waals surface area contributed by atoms with Crippen molar-refractivity contribution in [2.45, 2.75) is 46.5 Å². The van der Waals surface area contributed by atoms with E-state index in [0.29, 0.717) is 12.1 Å². The highest BCUT2D eigenvalue weighted by Gasteiger charge is 2.77. The van der Waals surface area contributed by atoms with Crippen LogP contribution in [0.5, 0.6) is 0 Å². The summed E-state index contributed by atoms with van der Waals surface area (Å²) < 4.78 is 0. The van der Waals surface area contributed by atoms with E-state index in [2.05, 4.69) is 31.3 Å². The molecular formula is C21H27N3O2. The highest BCUT2D eigenvalue weighted by Crippen LogP contribution is 2.69. The number of nitrogens with zero attached hydrogens (tertiary/aromatic N) is 2. The first kappa shape index (κ1) is 17.3. The molecule has 2 aliphatic carbocycles. The van der Waals surface area contributed by atoms with Crippen molar-refractivity contribution in [2.24, 2.45) is 21.3 Å². The molecule has 4 rings (SSSR count). The first-order valence-electron chi connectivity index (χ1n) is 9.58. The minimum Gasteiger partial charge on any atom is -0.342 e. The van der Waals surface area contributed by atoms with Crippen LogP contribution >= 0.6 is 0 Å². The number of nitrogens with one attached hydrogen (secondary N) is 1. The molecule has 138 valence electrons. The van der Waals surface area contributed by atoms with Gasteiger partial charge in [0.25, 0.3) is 0 Å². The van der Waals surface area contributed by atoms with Crippen molar-refractivity contribution >= 4 is 23.1 Å². The van der Waals surface area contributed by atoms with Crippen LogP contribution in [0.2, 0.25) is 0 Å². The van der Waals surface area contributed by atoms with Gasteiger partial charge < -0.3 is 4.90 Å². The second kappa shape index (κ2) is 5.66. The lowest BCUT2D eigenvalue weighted by atomic mass is 9.64. The number of carbonyl (C=O) groups is 2. The van der Waals surface area contributed by atoms with Crippen LogP contribution in [0.4, 0.5) is 5.69 Å². The Labute approximate surface area is 154 Å². The second-order valence-electron chi connectivity index (χ2n) is 8.63. The number of benzene rings is 1. The highest BCUT2D eigenvalue weighted by molar-refractivity contribution is 6.50. The molecule has 2 atom stereocenters. The fraction of sp³-hybridized carbons (Fsp3) is 0.571. The summed E-state index contributed by atoms with van der Waals surface area (Å²) in [5.41, 5.74) is 2.63. The van der Waals surface area contributed by atoms with Gasteiger partial charge in [0.05, 0.1) is 5.69 Å². The van der Waals surface area contributed by atoms with E-state index in [1.165, 1.54) is 0 Å². The molecule has 0 spiro atoms. The zero-order chi connectivity index (χ0) is 18.6. The van der Waals surface area contributed by atoms with Gasteiger partial charge in [-0.15, -0.1) is 0 Å². The number of hydrogen-bond donors (Lipinski definition) is 1. The molecule has 26 heavy (non-hydrogen) atoms. The van der Waals surface area contributed by atoms with E-state index in [1.54, 1.807) is 0 Å². The molecule has 1 saturated heterocycles. The Morgan fingerprint density at radius 3 is 2.38 bits per heavy atom. The van der Waals surface area contributed by atoms with Gasteiger partial charge in [0.2, 0.25) is 5.91 Å². The summed E-state index contributed by atoms with van der Waals surface area (Å²) >= 11 is 0. The summed E-state index contributed by atoms with van der Waals surface area (Å²) in [6, 6.07) is 9.63. The van der Waals surface area contributed by atoms with Crippen molar-refractivity contribution in [3.8, 4) is 0 Å². The molecule has 1 heterocycles. The van der Waals surface area contributed by atoms with Crippen LogP contribution in [0.3, 0.4) is 0 Å². The molecule has 1 aromatic carbocycles. The van der Waals surface area contributed by atoms with E-state index in [-0.39, 0.29) is 17.1 Å². The quantitative estimate of drug-likeness (QED) is 0.668. The van der Waals surface area contributed by atoms with Crippen LogP contribution < -0.4 is 5.43 Å². The number of likely N-dealkylation sites (tertiary alicyclic amines) is 1. The molecule has 5 heteroatoms. The molecule has 2 saturated carbocycles. The Morgan fingerprint density at radius 1 is 1.08 bits per heavy atom. The molecular weight excluding hydrogens is 326 g/mol. The van der Waals surface area contributed by atoms with Gasteiger partial charge in [0.1, 0.15) is 11.1 Å². The fourth-order valence-electron chi connectivity index (χ4n) is 5.27. The number of hydrogen-bond acceptors (Lipinski definition) is 4. The van der Waals surface area contributed by atoms with E-state index in [4.69, 9.17) is 0 Å². The Morgan fingerprint density at radius 2 is 1.73 bits per heavy atom. The standard InChI is InChI=1S/C21H27N3O2/c1-19(2)20(3)11-12-21(19,18(26)24-13-7-8-14-24)17(25)16(20)23-22-15-9-5-4-6-10-15/h4-6,9-10,22H,7-8,11-14H2,1-3H3. The van der Waals surface area contributed by atoms with E-state index < -0.39 is 10.8 Å². The molecule has 0 aromatic heterocycles. The average Bonchev–Trinajstić information content (AvgIpc) is 3.25. The van der Waals surface area contributed by atoms with E-state index in [9.17, 15) is 9.59 Å². The van der Waals surface area contributed by atoms with Crippen molar-refractivity contribution in [1.82, 2.24) is 4.90 Å². The number of para-hydroxylation sites is 1. The van der Waals surface area contributed by atoms with Gasteiger partial charge in [-0.3, -0.25) is 15.0 Å². The van der Waals surface area contributed by atoms with Crippen LogP contribution in [-0.4, -0.2) is 35.4 Å². The van der Waals surface area contributed by atoms with Gasteiger partial charge in [-0.25, -0.2) is 0 Å². The predicted octanol–water partition coefficient (Wildman–Crippen LogP) is 3.47. The third kappa shape index (κ3) is 2.00. The average molecular weight is 353 g/mol. The van der Waals surface area contributed by atoms with Crippen molar-refractivity contribution in [1.29, 1.82) is 0 Å². The minimum atomic E-state index is -0.955. The van der Waals surface area contributed by atoms with Gasteiger partial charge >= 0.3 is 0 Å². The summed E-state index contributed by atoms with van der Waals surface area (Å²) in [4.78, 5) is 28.9. The van der Waals surface area contributed by atoms with E-state index in [0.717, 1.165) is 38.0 Å². The number of hydrazone groups is 1. The molecule has 2 bridgehead atoms. The summed E-state index contributed by atoms with van der Waals surface area (Å²) in [6.45, 7) is 7.81. The van der Waals surface area contributed by atoms with Crippen LogP contribution in [0, 0.1) is 16.2 Å². The molecule has 1 aliphatic heterocycles. The topological polar surface area (TPSA) is 61.8 Å². The number of carbonyl (C=O) groups excluding carboxylic acids is 2. The molecule has 3 fully saturated rings. The number of rotatable bonds is 3. The Hall–Kier alpha value is -2.17. The lowest BCUT2D eigenvalue weighted by Crippen LogP contribution is -2.51. The number of Topliss-reactive ketones (excluding diaryl/α,β-unsaturated/α-hetero) is 1. The molecule has 5 nitrogen and oxygen atoms in total. The van der Waals surface area contributed by atoms with Crippen molar-refractivity contribution in [2.75, 3.05) is 18.5 Å². The number of amides is 1. The maximum absolute atomic E-state index is 13.5. The first-order valence-corrected chi connectivity index (χ1v) is 9.58. The van der Waals surface area contributed by atoms with E-state index >= 15 is 0 Å². The van der Waals surface area contributed by atoms with Gasteiger partial charge in [0, 0.05) is 18.5 Å². The maximum Gasteiger partial charge on any atom is 0.237 e. The number of fused-ring (bicyclic) bond motifs is 2. The Bertz CT molecular complexity index is 780. The fourth-order valence-corrected chi connectivity index (χ4v) is 5.27. The highest BCUT2D eigenvalue weighted by atomic mass is 16.2. The summed E-state index contributed by atoms with van der Waals surface area (Å²) in [6.07, 6.45) is 3.52. The lowest BCUT2D eigenvalue weighted by molar-refractivity contribution is -0.151. The molecule has 1 amide bonds. The summed E-state index contributed by atoms with van der Waals surface area (Å²) in [5.74, 6) is -0.0461. The smallest absolute Gasteiger partial charge is 0.237 e. The van der Waals surface area contributed by atoms with Crippen LogP contribution in [-0.2, 0) is 9.59 Å². The van der Waals surface area contributed by atoms with Crippen molar-refractivity contribution in [3.05, 3.63) is 30.3 Å². The summed E-state index contributed by atoms with van der Waals surface area (Å²) in [5, 5.41) is 4.52. The van der Waals surface area contributed by atoms with Gasteiger partial charge in [-0.05, 0) is 43.2 Å².